The van der Waals surface area contributed by atoms with Gasteiger partial charge in [0.2, 0.25) is 0 Å². The summed E-state index contributed by atoms with van der Waals surface area (Å²) in [5.41, 5.74) is 0. The Morgan fingerprint density at radius 2 is 2.11 bits per heavy atom. The quantitative estimate of drug-likeness (QED) is 0.729. The van der Waals surface area contributed by atoms with Gasteiger partial charge in [0.1, 0.15) is 0 Å². The predicted molar refractivity (Wildman–Crippen MR) is 67.8 cm³/mol. The van der Waals surface area contributed by atoms with Gasteiger partial charge in [0.15, 0.2) is 5.82 Å². The average Bonchev–Trinajstić information content (AvgIpc) is 3.10. The normalized spacial score (nSPS) is 32.8. The van der Waals surface area contributed by atoms with E-state index in [1.165, 1.54) is 45.1 Å². The summed E-state index contributed by atoms with van der Waals surface area (Å²) in [6.45, 7) is 1.92. The lowest BCUT2D eigenvalue weighted by molar-refractivity contribution is 0.212. The molecule has 1 saturated carbocycles. The number of rotatable bonds is 4. The summed E-state index contributed by atoms with van der Waals surface area (Å²) < 4.78 is 0. The van der Waals surface area contributed by atoms with E-state index in [2.05, 4.69) is 31.3 Å². The van der Waals surface area contributed by atoms with Crippen molar-refractivity contribution in [2.24, 2.45) is 5.92 Å². The van der Waals surface area contributed by atoms with Gasteiger partial charge in [0.05, 0.1) is 6.54 Å². The third-order valence-electron chi connectivity index (χ3n) is 4.35. The fraction of sp³-hybridized carbons (Fsp3) is 0.917. The van der Waals surface area contributed by atoms with Crippen molar-refractivity contribution < 1.29 is 0 Å². The van der Waals surface area contributed by atoms with Crippen LogP contribution in [0.1, 0.15) is 44.3 Å². The minimum absolute atomic E-state index is 0.604. The van der Waals surface area contributed by atoms with Crippen molar-refractivity contribution in [3.8, 4) is 0 Å². The largest absolute Gasteiger partial charge is 0.314 e. The summed E-state index contributed by atoms with van der Waals surface area (Å²) in [6.07, 6.45) is 8.02. The summed E-state index contributed by atoms with van der Waals surface area (Å²) in [6, 6.07) is 1.32. The van der Waals surface area contributed by atoms with Crippen molar-refractivity contribution >= 4 is 0 Å². The summed E-state index contributed by atoms with van der Waals surface area (Å²) in [7, 11) is 0. The van der Waals surface area contributed by atoms with Crippen LogP contribution in [0.15, 0.2) is 0 Å². The number of tetrazole rings is 1. The Balaban J connectivity index is 1.57. The molecule has 0 amide bonds. The number of nitrogens with one attached hydrogen (secondary N) is 3. The Kier molecular flexibility index (Phi) is 3.85. The number of hydrogen-bond donors (Lipinski definition) is 3. The summed E-state index contributed by atoms with van der Waals surface area (Å²) >= 11 is 0. The molecule has 2 aliphatic rings. The van der Waals surface area contributed by atoms with Crippen LogP contribution in [-0.4, -0.2) is 39.3 Å². The molecule has 1 aromatic rings. The van der Waals surface area contributed by atoms with E-state index in [0.29, 0.717) is 12.1 Å². The average molecular weight is 250 g/mol. The highest BCUT2D eigenvalue weighted by Crippen LogP contribution is 2.30. The smallest absolute Gasteiger partial charge is 0.188 e. The van der Waals surface area contributed by atoms with E-state index in [4.69, 9.17) is 0 Å². The fourth-order valence-corrected chi connectivity index (χ4v) is 3.45. The van der Waals surface area contributed by atoms with Crippen LogP contribution in [0.4, 0.5) is 0 Å². The monoisotopic (exact) mass is 250 g/mol. The zero-order valence-electron chi connectivity index (χ0n) is 10.7. The first-order valence-corrected chi connectivity index (χ1v) is 7.12. The standard InChI is InChI=1S/C12H22N6/c1-2-5-11(14-8-12-15-17-18-16-12)9(4-1)10-6-3-7-13-10/h9-11,13-14H,1-8H2,(H,15,16,17,18). The second kappa shape index (κ2) is 5.75. The van der Waals surface area contributed by atoms with Gasteiger partial charge < -0.3 is 10.6 Å². The maximum atomic E-state index is 4.00. The minimum Gasteiger partial charge on any atom is -0.314 e. The predicted octanol–water partition coefficient (Wildman–Crippen LogP) is 0.600. The molecule has 0 aromatic carbocycles. The molecule has 18 heavy (non-hydrogen) atoms. The van der Waals surface area contributed by atoms with E-state index < -0.39 is 0 Å². The van der Waals surface area contributed by atoms with Crippen molar-refractivity contribution in [1.29, 1.82) is 0 Å². The number of H-pyrrole nitrogens is 1. The Hall–Kier alpha value is -1.01. The van der Waals surface area contributed by atoms with E-state index >= 15 is 0 Å². The van der Waals surface area contributed by atoms with E-state index in [9.17, 15) is 0 Å². The second-order valence-corrected chi connectivity index (χ2v) is 5.47. The lowest BCUT2D eigenvalue weighted by Gasteiger charge is -2.36. The van der Waals surface area contributed by atoms with Gasteiger partial charge in [-0.25, -0.2) is 0 Å². The number of aromatic nitrogens is 4. The van der Waals surface area contributed by atoms with Crippen molar-refractivity contribution in [3.63, 3.8) is 0 Å². The zero-order chi connectivity index (χ0) is 12.2. The molecule has 1 aliphatic carbocycles. The minimum atomic E-state index is 0.604. The van der Waals surface area contributed by atoms with Crippen LogP contribution >= 0.6 is 0 Å². The van der Waals surface area contributed by atoms with Gasteiger partial charge >= 0.3 is 0 Å². The van der Waals surface area contributed by atoms with Gasteiger partial charge in [-0.1, -0.05) is 18.1 Å². The first-order valence-electron chi connectivity index (χ1n) is 7.12. The summed E-state index contributed by atoms with van der Waals surface area (Å²) in [5.74, 6) is 1.53. The lowest BCUT2D eigenvalue weighted by Crippen LogP contribution is -2.46. The zero-order valence-corrected chi connectivity index (χ0v) is 10.7. The molecular weight excluding hydrogens is 228 g/mol. The molecule has 2 fully saturated rings. The van der Waals surface area contributed by atoms with Crippen LogP contribution in [0.5, 0.6) is 0 Å². The van der Waals surface area contributed by atoms with Gasteiger partial charge in [0.25, 0.3) is 0 Å². The SMILES string of the molecule is C1CNC(C2CCCCC2NCc2nn[nH]n2)C1. The topological polar surface area (TPSA) is 78.5 Å². The van der Waals surface area contributed by atoms with Gasteiger partial charge in [0, 0.05) is 12.1 Å². The number of nitrogens with zero attached hydrogens (tertiary/aromatic N) is 3. The van der Waals surface area contributed by atoms with Gasteiger partial charge in [-0.05, 0) is 38.1 Å². The molecule has 0 radical (unpaired) electrons. The fourth-order valence-electron chi connectivity index (χ4n) is 3.45. The lowest BCUT2D eigenvalue weighted by atomic mass is 9.79. The Morgan fingerprint density at radius 1 is 1.17 bits per heavy atom. The van der Waals surface area contributed by atoms with Crippen molar-refractivity contribution in [2.45, 2.75) is 57.2 Å². The number of aromatic amines is 1. The Morgan fingerprint density at radius 3 is 2.89 bits per heavy atom. The first-order chi connectivity index (χ1) is 8.93. The molecule has 1 saturated heterocycles. The van der Waals surface area contributed by atoms with Crippen LogP contribution < -0.4 is 10.6 Å². The second-order valence-electron chi connectivity index (χ2n) is 5.47. The van der Waals surface area contributed by atoms with Crippen LogP contribution in [0.3, 0.4) is 0 Å². The summed E-state index contributed by atoms with van der Waals surface area (Å²) in [4.78, 5) is 0. The van der Waals surface area contributed by atoms with Crippen LogP contribution in [0.25, 0.3) is 0 Å². The first kappa shape index (κ1) is 12.0. The highest BCUT2D eigenvalue weighted by atomic mass is 15.5. The maximum absolute atomic E-state index is 4.00. The van der Waals surface area contributed by atoms with Gasteiger partial charge in [-0.2, -0.15) is 5.21 Å². The van der Waals surface area contributed by atoms with E-state index in [-0.39, 0.29) is 0 Å². The molecule has 3 rings (SSSR count). The molecule has 3 N–H and O–H groups in total. The van der Waals surface area contributed by atoms with Crippen LogP contribution in [0, 0.1) is 5.92 Å². The van der Waals surface area contributed by atoms with E-state index in [1.54, 1.807) is 0 Å². The number of hydrogen-bond acceptors (Lipinski definition) is 5. The molecule has 1 aliphatic heterocycles. The van der Waals surface area contributed by atoms with Crippen LogP contribution in [-0.2, 0) is 6.54 Å². The molecule has 2 heterocycles. The molecule has 0 spiro atoms. The third-order valence-corrected chi connectivity index (χ3v) is 4.35. The van der Waals surface area contributed by atoms with Gasteiger partial charge in [-0.15, -0.1) is 10.2 Å². The van der Waals surface area contributed by atoms with E-state index in [1.807, 2.05) is 0 Å². The molecule has 3 unspecified atom stereocenters. The molecule has 6 heteroatoms. The molecule has 1 aromatic heterocycles. The molecule has 100 valence electrons. The maximum Gasteiger partial charge on any atom is 0.188 e. The Bertz CT molecular complexity index is 345. The highest BCUT2D eigenvalue weighted by molar-refractivity contribution is 4.92. The highest BCUT2D eigenvalue weighted by Gasteiger charge is 2.32. The van der Waals surface area contributed by atoms with Crippen molar-refractivity contribution in [3.05, 3.63) is 5.82 Å². The molecule has 0 bridgehead atoms. The van der Waals surface area contributed by atoms with Gasteiger partial charge in [-0.3, -0.25) is 0 Å². The molecular formula is C12H22N6. The van der Waals surface area contributed by atoms with Crippen molar-refractivity contribution in [1.82, 2.24) is 31.3 Å². The van der Waals surface area contributed by atoms with Crippen molar-refractivity contribution in [2.75, 3.05) is 6.54 Å². The summed E-state index contributed by atoms with van der Waals surface area (Å²) in [5, 5.41) is 21.4. The third kappa shape index (κ3) is 2.70. The van der Waals surface area contributed by atoms with E-state index in [0.717, 1.165) is 18.3 Å². The van der Waals surface area contributed by atoms with Crippen LogP contribution in [0.2, 0.25) is 0 Å². The Labute approximate surface area is 107 Å². The molecule has 6 nitrogen and oxygen atoms in total. The molecule has 3 atom stereocenters.